The summed E-state index contributed by atoms with van der Waals surface area (Å²) >= 11 is 1.47. The largest absolute Gasteiger partial charge is 0.310 e. The number of hydrogen-bond donors (Lipinski definition) is 1. The molecule has 27 heavy (non-hydrogen) atoms. The summed E-state index contributed by atoms with van der Waals surface area (Å²) < 4.78 is 1.99. The number of para-hydroxylation sites is 2. The van der Waals surface area contributed by atoms with Gasteiger partial charge in [-0.1, -0.05) is 42.1 Å². The maximum absolute atomic E-state index is 13.0. The number of pyridine rings is 1. The number of anilines is 1. The van der Waals surface area contributed by atoms with Crippen molar-refractivity contribution in [2.24, 2.45) is 0 Å². The molecule has 1 N–H and O–H groups in total. The molecule has 2 aromatic carbocycles. The van der Waals surface area contributed by atoms with Crippen LogP contribution < -0.4 is 5.32 Å². The molecule has 0 atom stereocenters. The number of rotatable bonds is 5. The molecule has 0 saturated carbocycles. The smallest absolute Gasteiger partial charge is 0.260 e. The third-order valence-corrected chi connectivity index (χ3v) is 5.20. The molecule has 134 valence electrons. The number of benzene rings is 2. The average Bonchev–Trinajstić information content (AvgIpc) is 3.06. The van der Waals surface area contributed by atoms with E-state index in [0.29, 0.717) is 16.5 Å². The molecule has 0 aliphatic heterocycles. The summed E-state index contributed by atoms with van der Waals surface area (Å²) in [5, 5.41) is 3.62. The summed E-state index contributed by atoms with van der Waals surface area (Å²) in [5.41, 5.74) is 2.39. The average molecular weight is 374 g/mol. The molecule has 0 saturated heterocycles. The third kappa shape index (κ3) is 3.57. The Labute approximate surface area is 161 Å². The number of nitrogens with one attached hydrogen (secondary N) is 1. The van der Waals surface area contributed by atoms with Gasteiger partial charge in [0, 0.05) is 17.6 Å². The number of aromatic nitrogens is 3. The fraction of sp³-hybridized carbons (Fsp3) is 0.0952. The van der Waals surface area contributed by atoms with Crippen molar-refractivity contribution in [3.05, 3.63) is 78.5 Å². The summed E-state index contributed by atoms with van der Waals surface area (Å²) in [6.45, 7) is 2.75. The number of amides is 1. The highest BCUT2D eigenvalue weighted by Gasteiger charge is 2.17. The van der Waals surface area contributed by atoms with Gasteiger partial charge in [0.2, 0.25) is 5.95 Å². The third-order valence-electron chi connectivity index (χ3n) is 4.17. The van der Waals surface area contributed by atoms with E-state index in [1.54, 1.807) is 18.3 Å². The van der Waals surface area contributed by atoms with Gasteiger partial charge < -0.3 is 4.57 Å². The molecule has 2 aromatic heterocycles. The van der Waals surface area contributed by atoms with E-state index in [1.165, 1.54) is 11.8 Å². The number of carbonyl (C=O) groups excluding carboxylic acids is 1. The first-order valence-electron chi connectivity index (χ1n) is 8.71. The van der Waals surface area contributed by atoms with Gasteiger partial charge >= 0.3 is 0 Å². The lowest BCUT2D eigenvalue weighted by Crippen LogP contribution is -2.17. The normalized spacial score (nSPS) is 10.9. The van der Waals surface area contributed by atoms with Crippen LogP contribution in [0.15, 0.2) is 82.8 Å². The molecule has 0 fully saturated rings. The quantitative estimate of drug-likeness (QED) is 0.542. The summed E-state index contributed by atoms with van der Waals surface area (Å²) in [4.78, 5) is 22.9. The lowest BCUT2D eigenvalue weighted by molar-refractivity contribution is 0.102. The van der Waals surface area contributed by atoms with Crippen molar-refractivity contribution in [1.82, 2.24) is 14.5 Å². The van der Waals surface area contributed by atoms with Gasteiger partial charge in [-0.05, 0) is 43.3 Å². The highest BCUT2D eigenvalue weighted by molar-refractivity contribution is 7.99. The molecule has 0 unspecified atom stereocenters. The number of hydrogen-bond acceptors (Lipinski definition) is 4. The molecule has 2 heterocycles. The van der Waals surface area contributed by atoms with Crippen LogP contribution in [0.1, 0.15) is 17.3 Å². The van der Waals surface area contributed by atoms with Gasteiger partial charge in [-0.25, -0.2) is 9.97 Å². The van der Waals surface area contributed by atoms with E-state index < -0.39 is 0 Å². The second-order valence-corrected chi connectivity index (χ2v) is 6.96. The van der Waals surface area contributed by atoms with E-state index in [4.69, 9.17) is 0 Å². The van der Waals surface area contributed by atoms with Crippen molar-refractivity contribution in [2.75, 3.05) is 5.32 Å². The second kappa shape index (κ2) is 7.63. The Bertz CT molecular complexity index is 1090. The van der Waals surface area contributed by atoms with Crippen LogP contribution in [0.5, 0.6) is 0 Å². The molecular formula is C21H18N4OS. The number of aryl methyl sites for hydroxylation is 1. The van der Waals surface area contributed by atoms with E-state index >= 15 is 0 Å². The molecule has 4 aromatic rings. The van der Waals surface area contributed by atoms with Gasteiger partial charge in [-0.15, -0.1) is 0 Å². The van der Waals surface area contributed by atoms with Gasteiger partial charge in [-0.2, -0.15) is 0 Å². The monoisotopic (exact) mass is 374 g/mol. The van der Waals surface area contributed by atoms with E-state index in [0.717, 1.165) is 22.5 Å². The van der Waals surface area contributed by atoms with Crippen molar-refractivity contribution in [3.8, 4) is 0 Å². The van der Waals surface area contributed by atoms with Crippen LogP contribution in [-0.2, 0) is 6.54 Å². The van der Waals surface area contributed by atoms with Gasteiger partial charge in [-0.3, -0.25) is 10.1 Å². The van der Waals surface area contributed by atoms with Crippen molar-refractivity contribution < 1.29 is 4.79 Å². The zero-order chi connectivity index (χ0) is 18.6. The predicted octanol–water partition coefficient (Wildman–Crippen LogP) is 4.85. The van der Waals surface area contributed by atoms with Crippen molar-refractivity contribution in [3.63, 3.8) is 0 Å². The Kier molecular flexibility index (Phi) is 4.89. The Hall–Kier alpha value is -3.12. The number of fused-ring (bicyclic) bond motifs is 1. The van der Waals surface area contributed by atoms with Gasteiger partial charge in [0.15, 0.2) is 0 Å². The van der Waals surface area contributed by atoms with Crippen LogP contribution in [0.25, 0.3) is 11.0 Å². The van der Waals surface area contributed by atoms with Crippen LogP contribution in [-0.4, -0.2) is 20.4 Å². The van der Waals surface area contributed by atoms with E-state index in [2.05, 4.69) is 15.3 Å². The van der Waals surface area contributed by atoms with Crippen LogP contribution in [0.2, 0.25) is 0 Å². The van der Waals surface area contributed by atoms with E-state index in [-0.39, 0.29) is 5.91 Å². The minimum atomic E-state index is -0.216. The van der Waals surface area contributed by atoms with E-state index in [1.807, 2.05) is 66.1 Å². The zero-order valence-electron chi connectivity index (χ0n) is 14.8. The van der Waals surface area contributed by atoms with Gasteiger partial charge in [0.1, 0.15) is 5.03 Å². The Balaban J connectivity index is 1.64. The molecule has 4 rings (SSSR count). The van der Waals surface area contributed by atoms with Crippen LogP contribution in [0, 0.1) is 0 Å². The summed E-state index contributed by atoms with van der Waals surface area (Å²) in [6.07, 6.45) is 1.70. The lowest BCUT2D eigenvalue weighted by Gasteiger charge is -2.10. The summed E-state index contributed by atoms with van der Waals surface area (Å²) in [5.74, 6) is 0.328. The fourth-order valence-corrected chi connectivity index (χ4v) is 3.81. The fourth-order valence-electron chi connectivity index (χ4n) is 2.91. The number of carbonyl (C=O) groups is 1. The van der Waals surface area contributed by atoms with Crippen molar-refractivity contribution in [2.45, 2.75) is 23.4 Å². The molecule has 0 aliphatic carbocycles. The first-order chi connectivity index (χ1) is 13.3. The molecule has 0 radical (unpaired) electrons. The highest BCUT2D eigenvalue weighted by atomic mass is 32.2. The molecule has 5 nitrogen and oxygen atoms in total. The van der Waals surface area contributed by atoms with Gasteiger partial charge in [0.05, 0.1) is 16.6 Å². The van der Waals surface area contributed by atoms with E-state index in [9.17, 15) is 4.79 Å². The minimum Gasteiger partial charge on any atom is -0.310 e. The molecule has 6 heteroatoms. The zero-order valence-corrected chi connectivity index (χ0v) is 15.6. The highest BCUT2D eigenvalue weighted by Crippen LogP contribution is 2.29. The second-order valence-electron chi connectivity index (χ2n) is 5.89. The Morgan fingerprint density at radius 3 is 2.63 bits per heavy atom. The topological polar surface area (TPSA) is 59.8 Å². The first kappa shape index (κ1) is 17.3. The number of imidazole rings is 1. The summed E-state index contributed by atoms with van der Waals surface area (Å²) in [6, 6.07) is 21.3. The predicted molar refractivity (Wildman–Crippen MR) is 108 cm³/mol. The Morgan fingerprint density at radius 1 is 1.04 bits per heavy atom. The maximum atomic E-state index is 13.0. The molecule has 0 spiro atoms. The molecule has 0 bridgehead atoms. The summed E-state index contributed by atoms with van der Waals surface area (Å²) in [7, 11) is 0. The number of nitrogens with zero attached hydrogens (tertiary/aromatic N) is 3. The molecule has 0 aliphatic rings. The minimum absolute atomic E-state index is 0.216. The first-order valence-corrected chi connectivity index (χ1v) is 9.52. The lowest BCUT2D eigenvalue weighted by atomic mass is 10.3. The molecular weight excluding hydrogens is 356 g/mol. The van der Waals surface area contributed by atoms with Crippen LogP contribution in [0.4, 0.5) is 5.95 Å². The van der Waals surface area contributed by atoms with Crippen molar-refractivity contribution >= 4 is 34.7 Å². The standard InChI is InChI=1S/C21H18N4OS/c1-2-25-18-13-7-6-12-17(18)23-21(25)24-19(26)16-11-8-14-22-20(16)27-15-9-4-3-5-10-15/h3-14H,2H2,1H3,(H,23,24,26). The van der Waals surface area contributed by atoms with Crippen molar-refractivity contribution in [1.29, 1.82) is 0 Å². The maximum Gasteiger partial charge on any atom is 0.260 e. The molecule has 1 amide bonds. The van der Waals surface area contributed by atoms with Crippen LogP contribution in [0.3, 0.4) is 0 Å². The van der Waals surface area contributed by atoms with Crippen LogP contribution >= 0.6 is 11.8 Å². The SMILES string of the molecule is CCn1c(NC(=O)c2cccnc2Sc2ccccc2)nc2ccccc21. The van der Waals surface area contributed by atoms with Gasteiger partial charge in [0.25, 0.3) is 5.91 Å². The Morgan fingerprint density at radius 2 is 1.81 bits per heavy atom.